The molecule has 8 nitrogen and oxygen atoms in total. The first-order chi connectivity index (χ1) is 16.2. The van der Waals surface area contributed by atoms with Crippen molar-refractivity contribution in [3.05, 3.63) is 50.9 Å². The second-order valence-electron chi connectivity index (χ2n) is 6.97. The number of nitrogens with two attached hydrogens (primary N) is 1. The monoisotopic (exact) mass is 581 g/mol. The van der Waals surface area contributed by atoms with Crippen molar-refractivity contribution >= 4 is 55.0 Å². The first-order valence-electron chi connectivity index (χ1n) is 9.19. The van der Waals surface area contributed by atoms with Crippen LogP contribution in [0.4, 0.5) is 32.0 Å². The number of fused-ring (bicyclic) bond motifs is 1. The first-order valence-corrected chi connectivity index (χ1v) is 10.8. The highest BCUT2D eigenvalue weighted by Gasteiger charge is 2.40. The van der Waals surface area contributed by atoms with Crippen LogP contribution in [0.1, 0.15) is 31.5 Å². The van der Waals surface area contributed by atoms with Gasteiger partial charge in [-0.2, -0.15) is 31.4 Å². The molecule has 0 bridgehead atoms. The molecule has 0 aliphatic rings. The largest absolute Gasteiger partial charge is 0.464 e. The van der Waals surface area contributed by atoms with Crippen LogP contribution in [0.5, 0.6) is 0 Å². The van der Waals surface area contributed by atoms with Crippen molar-refractivity contribution in [3.63, 3.8) is 0 Å². The number of pyridine rings is 1. The van der Waals surface area contributed by atoms with E-state index in [1.807, 2.05) is 0 Å². The zero-order valence-corrected chi connectivity index (χ0v) is 19.4. The summed E-state index contributed by atoms with van der Waals surface area (Å²) in [5.41, 5.74) is 1.61. The zero-order valence-electron chi connectivity index (χ0n) is 17.0. The minimum absolute atomic E-state index is 0.0504. The van der Waals surface area contributed by atoms with E-state index in [2.05, 4.69) is 31.3 Å². The van der Waals surface area contributed by atoms with Crippen LogP contribution in [0, 0.1) is 0 Å². The van der Waals surface area contributed by atoms with Gasteiger partial charge in [-0.3, -0.25) is 14.3 Å². The lowest BCUT2D eigenvalue weighted by atomic mass is 10.1. The molecule has 16 heteroatoms. The average Bonchev–Trinajstić information content (AvgIpc) is 3.44. The number of aromatic nitrogens is 3. The van der Waals surface area contributed by atoms with E-state index >= 15 is 0 Å². The number of aryl methyl sites for hydroxylation is 1. The summed E-state index contributed by atoms with van der Waals surface area (Å²) in [7, 11) is 0.969. The second-order valence-corrected chi connectivity index (χ2v) is 8.76. The van der Waals surface area contributed by atoms with Crippen LogP contribution in [0.15, 0.2) is 33.4 Å². The maximum atomic E-state index is 13.5. The molecular weight excluding hydrogens is 572 g/mol. The quantitative estimate of drug-likeness (QED) is 0.311. The van der Waals surface area contributed by atoms with Crippen molar-refractivity contribution in [1.29, 1.82) is 0 Å². The van der Waals surface area contributed by atoms with E-state index in [0.717, 1.165) is 7.05 Å². The van der Waals surface area contributed by atoms with E-state index in [1.54, 1.807) is 0 Å². The number of alkyl halides is 6. The normalized spacial score (nSPS) is 12.3. The molecule has 0 radical (unpaired) electrons. The molecule has 0 atom stereocenters. The number of anilines is 1. The molecule has 0 unspecified atom stereocenters. The van der Waals surface area contributed by atoms with Crippen molar-refractivity contribution in [3.8, 4) is 11.3 Å². The van der Waals surface area contributed by atoms with Crippen LogP contribution in [0.25, 0.3) is 21.5 Å². The number of thiophene rings is 1. The van der Waals surface area contributed by atoms with Gasteiger partial charge in [0.05, 0.1) is 16.4 Å². The molecule has 0 saturated carbocycles. The van der Waals surface area contributed by atoms with Crippen LogP contribution in [-0.4, -0.2) is 26.6 Å². The average molecular weight is 582 g/mol. The Morgan fingerprint density at radius 1 is 1.20 bits per heavy atom. The number of hydrogen-bond donors (Lipinski definition) is 2. The van der Waals surface area contributed by atoms with Gasteiger partial charge in [-0.05, 0) is 34.1 Å². The SMILES string of the molecule is Cn1nc(C(=O)Nc2c(C(N)=O)sc3nc(C(F)(F)F)cc(-c4ccco4)c23)c(Br)c1C(F)(F)F. The number of furan rings is 1. The maximum Gasteiger partial charge on any atom is 0.434 e. The topological polar surface area (TPSA) is 116 Å². The smallest absolute Gasteiger partial charge is 0.434 e. The number of nitrogens with one attached hydrogen (secondary N) is 1. The fraction of sp³-hybridized carbons (Fsp3) is 0.158. The highest BCUT2D eigenvalue weighted by Crippen LogP contribution is 2.44. The number of primary amides is 1. The summed E-state index contributed by atoms with van der Waals surface area (Å²) >= 11 is 3.18. The van der Waals surface area contributed by atoms with Gasteiger partial charge in [0.1, 0.15) is 21.2 Å². The van der Waals surface area contributed by atoms with Crippen LogP contribution < -0.4 is 11.1 Å². The Balaban J connectivity index is 1.94. The zero-order chi connectivity index (χ0) is 25.9. The van der Waals surface area contributed by atoms with Crippen molar-refractivity contribution in [2.45, 2.75) is 12.4 Å². The van der Waals surface area contributed by atoms with E-state index in [4.69, 9.17) is 10.2 Å². The fourth-order valence-corrected chi connectivity index (χ4v) is 5.03. The number of carbonyl (C=O) groups excluding carboxylic acids is 2. The third kappa shape index (κ3) is 4.38. The Kier molecular flexibility index (Phi) is 5.91. The number of amides is 2. The lowest BCUT2D eigenvalue weighted by Crippen LogP contribution is -2.17. The summed E-state index contributed by atoms with van der Waals surface area (Å²) in [5, 5.41) is 5.71. The maximum absolute atomic E-state index is 13.5. The molecule has 4 aromatic heterocycles. The van der Waals surface area contributed by atoms with Crippen LogP contribution >= 0.6 is 27.3 Å². The summed E-state index contributed by atoms with van der Waals surface area (Å²) in [6, 6.07) is 3.40. The third-order valence-corrected chi connectivity index (χ3v) is 6.52. The van der Waals surface area contributed by atoms with Gasteiger partial charge in [-0.15, -0.1) is 11.3 Å². The van der Waals surface area contributed by atoms with E-state index in [-0.39, 0.29) is 32.1 Å². The van der Waals surface area contributed by atoms with Crippen LogP contribution in [0.2, 0.25) is 0 Å². The molecule has 184 valence electrons. The Labute approximate surface area is 202 Å². The molecule has 4 rings (SSSR count). The molecule has 0 fully saturated rings. The van der Waals surface area contributed by atoms with Crippen LogP contribution in [-0.2, 0) is 19.4 Å². The number of halogens is 7. The fourth-order valence-electron chi connectivity index (χ4n) is 3.29. The minimum Gasteiger partial charge on any atom is -0.464 e. The Bertz CT molecular complexity index is 1470. The molecular formula is C19H10BrF6N5O3S. The van der Waals surface area contributed by atoms with Gasteiger partial charge in [0.15, 0.2) is 11.4 Å². The molecule has 4 heterocycles. The van der Waals surface area contributed by atoms with Gasteiger partial charge in [0, 0.05) is 18.0 Å². The highest BCUT2D eigenvalue weighted by molar-refractivity contribution is 9.10. The second kappa shape index (κ2) is 8.37. The first kappa shape index (κ1) is 24.7. The Morgan fingerprint density at radius 2 is 1.89 bits per heavy atom. The van der Waals surface area contributed by atoms with Gasteiger partial charge < -0.3 is 15.5 Å². The molecule has 35 heavy (non-hydrogen) atoms. The lowest BCUT2D eigenvalue weighted by molar-refractivity contribution is -0.144. The predicted octanol–water partition coefficient (Wildman–Crippen LogP) is 5.44. The van der Waals surface area contributed by atoms with Gasteiger partial charge in [-0.25, -0.2) is 4.98 Å². The van der Waals surface area contributed by atoms with Gasteiger partial charge >= 0.3 is 12.4 Å². The van der Waals surface area contributed by atoms with Gasteiger partial charge in [-0.1, -0.05) is 0 Å². The summed E-state index contributed by atoms with van der Waals surface area (Å²) in [5.74, 6) is -2.35. The standard InChI is InChI=1S/C19H10BrF6N5O3S/c1-31-14(19(24,25)26)10(20)12(30-31)16(33)29-11-9-6(7-3-2-4-34-7)5-8(18(21,22)23)28-17(9)35-13(11)15(27)32/h2-5H,1H3,(H2,27,32)(H,29,33). The predicted molar refractivity (Wildman–Crippen MR) is 115 cm³/mol. The third-order valence-electron chi connectivity index (χ3n) is 4.67. The summed E-state index contributed by atoms with van der Waals surface area (Å²) in [4.78, 5) is 27.8. The number of rotatable bonds is 4. The molecule has 3 N–H and O–H groups in total. The molecule has 4 aromatic rings. The summed E-state index contributed by atoms with van der Waals surface area (Å²) in [6.07, 6.45) is -8.52. The summed E-state index contributed by atoms with van der Waals surface area (Å²) < 4.78 is 85.2. The van der Waals surface area contributed by atoms with E-state index < -0.39 is 45.7 Å². The molecule has 0 aliphatic heterocycles. The van der Waals surface area contributed by atoms with Crippen LogP contribution in [0.3, 0.4) is 0 Å². The molecule has 0 spiro atoms. The number of nitrogens with zero attached hydrogens (tertiary/aromatic N) is 3. The van der Waals surface area contributed by atoms with E-state index in [9.17, 15) is 35.9 Å². The molecule has 0 saturated heterocycles. The number of carbonyl (C=O) groups is 2. The Morgan fingerprint density at radius 3 is 2.40 bits per heavy atom. The minimum atomic E-state index is -4.86. The van der Waals surface area contributed by atoms with Gasteiger partial charge in [0.2, 0.25) is 0 Å². The molecule has 2 amide bonds. The lowest BCUT2D eigenvalue weighted by Gasteiger charge is -2.10. The van der Waals surface area contributed by atoms with Gasteiger partial charge in [0.25, 0.3) is 11.8 Å². The van der Waals surface area contributed by atoms with Crippen molar-refractivity contribution < 1.29 is 40.3 Å². The van der Waals surface area contributed by atoms with Crippen molar-refractivity contribution in [2.75, 3.05) is 5.32 Å². The van der Waals surface area contributed by atoms with E-state index in [1.165, 1.54) is 18.4 Å². The molecule has 0 aliphatic carbocycles. The number of hydrogen-bond acceptors (Lipinski definition) is 6. The molecule has 0 aromatic carbocycles. The summed E-state index contributed by atoms with van der Waals surface area (Å²) in [6.45, 7) is 0. The Hall–Kier alpha value is -3.40. The van der Waals surface area contributed by atoms with E-state index in [0.29, 0.717) is 22.1 Å². The van der Waals surface area contributed by atoms with Crippen molar-refractivity contribution in [1.82, 2.24) is 14.8 Å². The highest BCUT2D eigenvalue weighted by atomic mass is 79.9. The van der Waals surface area contributed by atoms with Crippen molar-refractivity contribution in [2.24, 2.45) is 12.8 Å².